The SMILES string of the molecule is CCCCCCCCCCCCCCCC(=O)OC[C@H](CO)OC(=O)CCCCCCCCCCCC(C)C. The van der Waals surface area contributed by atoms with Crippen molar-refractivity contribution in [3.05, 3.63) is 0 Å². The summed E-state index contributed by atoms with van der Waals surface area (Å²) < 4.78 is 10.5. The van der Waals surface area contributed by atoms with E-state index >= 15 is 0 Å². The average molecular weight is 555 g/mol. The van der Waals surface area contributed by atoms with Gasteiger partial charge in [-0.05, 0) is 18.8 Å². The highest BCUT2D eigenvalue weighted by Crippen LogP contribution is 2.15. The normalized spacial score (nSPS) is 12.1. The molecular formula is C34H66O5. The number of hydrogen-bond donors (Lipinski definition) is 1. The molecule has 232 valence electrons. The quantitative estimate of drug-likeness (QED) is 0.0706. The van der Waals surface area contributed by atoms with Crippen LogP contribution in [0, 0.1) is 5.92 Å². The zero-order valence-electron chi connectivity index (χ0n) is 26.3. The molecule has 0 bridgehead atoms. The minimum Gasteiger partial charge on any atom is -0.462 e. The molecule has 0 fully saturated rings. The molecule has 5 heteroatoms. The van der Waals surface area contributed by atoms with Crippen LogP contribution < -0.4 is 0 Å². The monoisotopic (exact) mass is 554 g/mol. The van der Waals surface area contributed by atoms with Crippen LogP contribution in [0.15, 0.2) is 0 Å². The van der Waals surface area contributed by atoms with Crippen LogP contribution in [-0.4, -0.2) is 36.4 Å². The van der Waals surface area contributed by atoms with E-state index < -0.39 is 6.10 Å². The molecule has 39 heavy (non-hydrogen) atoms. The van der Waals surface area contributed by atoms with Gasteiger partial charge in [0.15, 0.2) is 6.10 Å². The van der Waals surface area contributed by atoms with Crippen LogP contribution in [0.3, 0.4) is 0 Å². The molecule has 0 spiro atoms. The van der Waals surface area contributed by atoms with Gasteiger partial charge in [0.2, 0.25) is 0 Å². The van der Waals surface area contributed by atoms with Crippen LogP contribution in [0.25, 0.3) is 0 Å². The summed E-state index contributed by atoms with van der Waals surface area (Å²) in [5, 5.41) is 9.49. The number of carbonyl (C=O) groups excluding carboxylic acids is 2. The minimum atomic E-state index is -0.760. The highest BCUT2D eigenvalue weighted by molar-refractivity contribution is 5.70. The molecule has 0 aromatic heterocycles. The van der Waals surface area contributed by atoms with Crippen molar-refractivity contribution in [1.82, 2.24) is 0 Å². The van der Waals surface area contributed by atoms with Gasteiger partial charge >= 0.3 is 11.9 Å². The van der Waals surface area contributed by atoms with Gasteiger partial charge in [0.1, 0.15) is 6.61 Å². The van der Waals surface area contributed by atoms with Crippen molar-refractivity contribution in [2.45, 2.75) is 187 Å². The van der Waals surface area contributed by atoms with Crippen LogP contribution >= 0.6 is 0 Å². The van der Waals surface area contributed by atoms with Crippen molar-refractivity contribution < 1.29 is 24.2 Å². The fraction of sp³-hybridized carbons (Fsp3) is 0.941. The van der Waals surface area contributed by atoms with E-state index in [0.717, 1.165) is 38.0 Å². The molecule has 5 nitrogen and oxygen atoms in total. The predicted molar refractivity (Wildman–Crippen MR) is 164 cm³/mol. The van der Waals surface area contributed by atoms with Crippen LogP contribution in [-0.2, 0) is 19.1 Å². The van der Waals surface area contributed by atoms with E-state index in [1.54, 1.807) is 0 Å². The molecule has 0 saturated carbocycles. The Bertz CT molecular complexity index is 534. The molecule has 0 radical (unpaired) electrons. The fourth-order valence-corrected chi connectivity index (χ4v) is 4.97. The van der Waals surface area contributed by atoms with E-state index in [-0.39, 0.29) is 25.2 Å². The zero-order valence-corrected chi connectivity index (χ0v) is 26.3. The Morgan fingerprint density at radius 3 is 1.36 bits per heavy atom. The third kappa shape index (κ3) is 29.7. The van der Waals surface area contributed by atoms with Crippen LogP contribution in [0.1, 0.15) is 181 Å². The maximum Gasteiger partial charge on any atom is 0.306 e. The van der Waals surface area contributed by atoms with E-state index in [9.17, 15) is 14.7 Å². The van der Waals surface area contributed by atoms with E-state index in [4.69, 9.17) is 9.47 Å². The largest absolute Gasteiger partial charge is 0.462 e. The Labute approximate surface area is 242 Å². The molecule has 1 atom stereocenters. The molecular weight excluding hydrogens is 488 g/mol. The summed E-state index contributed by atoms with van der Waals surface area (Å²) in [6, 6.07) is 0. The van der Waals surface area contributed by atoms with Gasteiger partial charge in [0.25, 0.3) is 0 Å². The van der Waals surface area contributed by atoms with E-state index in [2.05, 4.69) is 20.8 Å². The molecule has 0 heterocycles. The third-order valence-corrected chi connectivity index (χ3v) is 7.58. The average Bonchev–Trinajstić information content (AvgIpc) is 2.92. The highest BCUT2D eigenvalue weighted by atomic mass is 16.6. The predicted octanol–water partition coefficient (Wildman–Crippen LogP) is 9.86. The highest BCUT2D eigenvalue weighted by Gasteiger charge is 2.16. The van der Waals surface area contributed by atoms with Crippen LogP contribution in [0.5, 0.6) is 0 Å². The number of aliphatic hydroxyl groups excluding tert-OH is 1. The first-order chi connectivity index (χ1) is 19.0. The lowest BCUT2D eigenvalue weighted by atomic mass is 10.0. The maximum atomic E-state index is 12.1. The van der Waals surface area contributed by atoms with Gasteiger partial charge in [-0.2, -0.15) is 0 Å². The lowest BCUT2D eigenvalue weighted by Gasteiger charge is -2.15. The first-order valence-corrected chi connectivity index (χ1v) is 17.0. The van der Waals surface area contributed by atoms with E-state index in [1.165, 1.54) is 116 Å². The Morgan fingerprint density at radius 2 is 0.949 bits per heavy atom. The topological polar surface area (TPSA) is 72.8 Å². The summed E-state index contributed by atoms with van der Waals surface area (Å²) in [4.78, 5) is 24.1. The Hall–Kier alpha value is -1.10. The van der Waals surface area contributed by atoms with E-state index in [0.29, 0.717) is 12.8 Å². The van der Waals surface area contributed by atoms with Crippen LogP contribution in [0.4, 0.5) is 0 Å². The Kier molecular flexibility index (Phi) is 29.0. The molecule has 0 unspecified atom stereocenters. The second kappa shape index (κ2) is 29.9. The first kappa shape index (κ1) is 37.9. The van der Waals surface area contributed by atoms with Gasteiger partial charge in [0.05, 0.1) is 6.61 Å². The fourth-order valence-electron chi connectivity index (χ4n) is 4.97. The van der Waals surface area contributed by atoms with Crippen molar-refractivity contribution >= 4 is 11.9 Å². The third-order valence-electron chi connectivity index (χ3n) is 7.58. The van der Waals surface area contributed by atoms with Gasteiger partial charge in [-0.1, -0.05) is 156 Å². The summed E-state index contributed by atoms with van der Waals surface area (Å²) in [7, 11) is 0. The number of unbranched alkanes of at least 4 members (excludes halogenated alkanes) is 20. The Balaban J connectivity index is 3.55. The summed E-state index contributed by atoms with van der Waals surface area (Å²) in [5.74, 6) is 0.234. The molecule has 0 aliphatic carbocycles. The number of hydrogen-bond acceptors (Lipinski definition) is 5. The first-order valence-electron chi connectivity index (χ1n) is 17.0. The van der Waals surface area contributed by atoms with Gasteiger partial charge in [0, 0.05) is 12.8 Å². The van der Waals surface area contributed by atoms with Crippen molar-refractivity contribution in [1.29, 1.82) is 0 Å². The minimum absolute atomic E-state index is 0.0588. The van der Waals surface area contributed by atoms with Crippen molar-refractivity contribution in [3.63, 3.8) is 0 Å². The maximum absolute atomic E-state index is 12.1. The summed E-state index contributed by atoms with van der Waals surface area (Å²) in [6.07, 6.45) is 28.7. The molecule has 0 aromatic carbocycles. The van der Waals surface area contributed by atoms with Gasteiger partial charge in [-0.15, -0.1) is 0 Å². The molecule has 0 amide bonds. The summed E-state index contributed by atoms with van der Waals surface area (Å²) in [5.41, 5.74) is 0. The smallest absolute Gasteiger partial charge is 0.306 e. The summed E-state index contributed by atoms with van der Waals surface area (Å²) in [6.45, 7) is 6.45. The lowest BCUT2D eigenvalue weighted by Crippen LogP contribution is -2.28. The second-order valence-corrected chi connectivity index (χ2v) is 12.1. The molecule has 0 aliphatic heterocycles. The van der Waals surface area contributed by atoms with Gasteiger partial charge < -0.3 is 14.6 Å². The van der Waals surface area contributed by atoms with E-state index in [1.807, 2.05) is 0 Å². The molecule has 0 aromatic rings. The van der Waals surface area contributed by atoms with Crippen molar-refractivity contribution in [2.75, 3.05) is 13.2 Å². The lowest BCUT2D eigenvalue weighted by molar-refractivity contribution is -0.161. The zero-order chi connectivity index (χ0) is 28.8. The van der Waals surface area contributed by atoms with Gasteiger partial charge in [-0.3, -0.25) is 9.59 Å². The molecule has 0 aliphatic rings. The number of carbonyl (C=O) groups is 2. The molecule has 1 N–H and O–H groups in total. The molecule has 0 rings (SSSR count). The van der Waals surface area contributed by atoms with Crippen molar-refractivity contribution in [2.24, 2.45) is 5.92 Å². The Morgan fingerprint density at radius 1 is 0.564 bits per heavy atom. The standard InChI is InChI=1S/C34H66O5/c1-4-5-6-7-8-9-10-11-12-15-18-21-24-27-33(36)38-30-32(29-35)39-34(37)28-25-22-19-16-13-14-17-20-23-26-31(2)3/h31-32,35H,4-30H2,1-3H3/t32-/m0/s1. The number of ether oxygens (including phenoxy) is 2. The number of rotatable bonds is 30. The number of esters is 2. The second-order valence-electron chi connectivity index (χ2n) is 12.1. The van der Waals surface area contributed by atoms with Gasteiger partial charge in [-0.25, -0.2) is 0 Å². The number of aliphatic hydroxyl groups is 1. The van der Waals surface area contributed by atoms with Crippen molar-refractivity contribution in [3.8, 4) is 0 Å². The summed E-state index contributed by atoms with van der Waals surface area (Å²) >= 11 is 0. The van der Waals surface area contributed by atoms with Crippen LogP contribution in [0.2, 0.25) is 0 Å². The molecule has 0 saturated heterocycles.